The number of hydrogen-bond donors (Lipinski definition) is 1. The number of nitrogens with one attached hydrogen (secondary N) is 1. The Morgan fingerprint density at radius 1 is 1.00 bits per heavy atom. The van der Waals surface area contributed by atoms with E-state index < -0.39 is 18.3 Å². The number of anilines is 2. The molecule has 0 saturated carbocycles. The van der Waals surface area contributed by atoms with Gasteiger partial charge in [0.1, 0.15) is 0 Å². The topological polar surface area (TPSA) is 76.0 Å². The van der Waals surface area contributed by atoms with E-state index in [1.807, 2.05) is 0 Å². The monoisotopic (exact) mass is 466 g/mol. The molecule has 0 saturated heterocycles. The van der Waals surface area contributed by atoms with Gasteiger partial charge in [-0.05, 0) is 36.8 Å². The second-order valence-corrected chi connectivity index (χ2v) is 6.41. The first-order valence-corrected chi connectivity index (χ1v) is 9.36. The van der Waals surface area contributed by atoms with Gasteiger partial charge in [0.25, 0.3) is 6.43 Å². The Balaban J connectivity index is 0.00000149. The maximum Gasteiger partial charge on any atom is 0.435 e. The van der Waals surface area contributed by atoms with Gasteiger partial charge in [-0.2, -0.15) is 13.2 Å². The quantitative estimate of drug-likeness (QED) is 0.502. The molecule has 1 aliphatic heterocycles. The van der Waals surface area contributed by atoms with Crippen LogP contribution in [0.2, 0.25) is 0 Å². The highest BCUT2D eigenvalue weighted by Crippen LogP contribution is 2.29. The highest BCUT2D eigenvalue weighted by molar-refractivity contribution is 6.13. The highest BCUT2D eigenvalue weighted by atomic mass is 19.4. The Morgan fingerprint density at radius 3 is 2.45 bits per heavy atom. The molecule has 0 fully saturated rings. The van der Waals surface area contributed by atoms with Crippen LogP contribution in [0.3, 0.4) is 0 Å². The molecular formula is C21H16F6N6. The summed E-state index contributed by atoms with van der Waals surface area (Å²) in [6, 6.07) is 6.69. The van der Waals surface area contributed by atoms with Crippen molar-refractivity contribution in [1.29, 1.82) is 0 Å². The molecule has 3 aromatic rings. The summed E-state index contributed by atoms with van der Waals surface area (Å²) in [5.41, 5.74) is -0.336. The molecule has 4 rings (SSSR count). The van der Waals surface area contributed by atoms with E-state index in [-0.39, 0.29) is 28.4 Å². The van der Waals surface area contributed by atoms with Crippen LogP contribution in [0.25, 0.3) is 11.0 Å². The minimum absolute atomic E-state index is 0.0550. The zero-order chi connectivity index (χ0) is 24.0. The van der Waals surface area contributed by atoms with Gasteiger partial charge in [0.2, 0.25) is 0 Å². The smallest absolute Gasteiger partial charge is 0.338 e. The molecule has 0 radical (unpaired) electrons. The number of allylic oxidation sites excluding steroid dienone is 3. The summed E-state index contributed by atoms with van der Waals surface area (Å²) in [7, 11) is 0.500. The fourth-order valence-electron chi connectivity index (χ4n) is 2.92. The van der Waals surface area contributed by atoms with Gasteiger partial charge in [-0.1, -0.05) is 12.2 Å². The molecule has 0 amide bonds. The second kappa shape index (κ2) is 10.2. The van der Waals surface area contributed by atoms with E-state index in [1.165, 1.54) is 24.5 Å². The maximum atomic E-state index is 13.4. The van der Waals surface area contributed by atoms with Crippen molar-refractivity contribution in [3.8, 4) is 0 Å². The molecule has 6 nitrogen and oxygen atoms in total. The van der Waals surface area contributed by atoms with Crippen molar-refractivity contribution < 1.29 is 26.3 Å². The third-order valence-electron chi connectivity index (χ3n) is 4.36. The van der Waals surface area contributed by atoms with Crippen LogP contribution in [0.5, 0.6) is 0 Å². The molecule has 3 aromatic heterocycles. The van der Waals surface area contributed by atoms with E-state index in [1.54, 1.807) is 18.2 Å². The van der Waals surface area contributed by atoms with Crippen molar-refractivity contribution in [2.45, 2.75) is 19.0 Å². The van der Waals surface area contributed by atoms with Crippen LogP contribution in [0.4, 0.5) is 37.8 Å². The van der Waals surface area contributed by atoms with E-state index in [0.29, 0.717) is 24.7 Å². The van der Waals surface area contributed by atoms with Crippen molar-refractivity contribution in [2.75, 3.05) is 12.5 Å². The summed E-state index contributed by atoms with van der Waals surface area (Å²) in [6.45, 7) is 0. The van der Waals surface area contributed by atoms with E-state index in [2.05, 4.69) is 30.5 Å². The molecule has 0 atom stereocenters. The largest absolute Gasteiger partial charge is 0.435 e. The summed E-state index contributed by atoms with van der Waals surface area (Å²) < 4.78 is 74.3. The molecular weight excluding hydrogens is 450 g/mol. The fourth-order valence-corrected chi connectivity index (χ4v) is 2.92. The highest BCUT2D eigenvalue weighted by Gasteiger charge is 2.32. The second-order valence-electron chi connectivity index (χ2n) is 6.41. The van der Waals surface area contributed by atoms with Crippen LogP contribution in [0.15, 0.2) is 65.4 Å². The van der Waals surface area contributed by atoms with E-state index in [4.69, 9.17) is 0 Å². The SMILES string of the molecule is CF.FC(F)C1=CCC=CN=C1c1ccc2c(Nc3ccc(C(F)(F)F)nn3)ccnc2n1. The molecule has 12 heteroatoms. The van der Waals surface area contributed by atoms with Crippen LogP contribution in [-0.2, 0) is 6.18 Å². The lowest BCUT2D eigenvalue weighted by atomic mass is 10.1. The standard InChI is InChI=1S/C20H13F5N6.CH3F/c21-18(22)12-3-1-2-9-26-17(12)14-5-4-11-13(8-10-27-19(11)29-14)28-16-7-6-15(30-31-16)20(23,24)25;1-2/h2-10,18H,1H2,(H,27,28,29,31);1H3. The molecule has 1 aliphatic rings. The number of aromatic nitrogens is 4. The number of aliphatic imine (C=N–C) groups is 1. The van der Waals surface area contributed by atoms with E-state index >= 15 is 0 Å². The van der Waals surface area contributed by atoms with Crippen LogP contribution < -0.4 is 5.32 Å². The van der Waals surface area contributed by atoms with Crippen molar-refractivity contribution in [3.05, 3.63) is 71.8 Å². The summed E-state index contributed by atoms with van der Waals surface area (Å²) >= 11 is 0. The Labute approximate surface area is 183 Å². The Kier molecular flexibility index (Phi) is 7.36. The minimum Gasteiger partial charge on any atom is -0.338 e. The van der Waals surface area contributed by atoms with Gasteiger partial charge in [-0.15, -0.1) is 10.2 Å². The van der Waals surface area contributed by atoms with Gasteiger partial charge in [0, 0.05) is 23.4 Å². The van der Waals surface area contributed by atoms with Crippen molar-refractivity contribution in [2.24, 2.45) is 4.99 Å². The van der Waals surface area contributed by atoms with Crippen LogP contribution >= 0.6 is 0 Å². The molecule has 1 N–H and O–H groups in total. The Morgan fingerprint density at radius 2 is 1.79 bits per heavy atom. The first-order chi connectivity index (χ1) is 15.8. The number of halogens is 6. The maximum absolute atomic E-state index is 13.4. The van der Waals surface area contributed by atoms with Crippen molar-refractivity contribution in [1.82, 2.24) is 20.2 Å². The van der Waals surface area contributed by atoms with Gasteiger partial charge in [0.15, 0.2) is 17.2 Å². The van der Waals surface area contributed by atoms with Crippen LogP contribution in [-0.4, -0.2) is 39.5 Å². The van der Waals surface area contributed by atoms with Gasteiger partial charge in [-0.3, -0.25) is 9.38 Å². The van der Waals surface area contributed by atoms with E-state index in [0.717, 1.165) is 12.1 Å². The summed E-state index contributed by atoms with van der Waals surface area (Å²) in [6.07, 6.45) is -1.04. The van der Waals surface area contributed by atoms with Crippen molar-refractivity contribution in [3.63, 3.8) is 0 Å². The lowest BCUT2D eigenvalue weighted by molar-refractivity contribution is -0.141. The normalized spacial score (nSPS) is 13.7. The minimum atomic E-state index is -4.59. The molecule has 172 valence electrons. The van der Waals surface area contributed by atoms with Gasteiger partial charge < -0.3 is 5.32 Å². The number of nitrogens with zero attached hydrogens (tertiary/aromatic N) is 5. The molecule has 0 bridgehead atoms. The average molecular weight is 466 g/mol. The molecule has 0 aromatic carbocycles. The predicted molar refractivity (Wildman–Crippen MR) is 111 cm³/mol. The predicted octanol–water partition coefficient (Wildman–Crippen LogP) is 5.67. The third-order valence-corrected chi connectivity index (χ3v) is 4.36. The van der Waals surface area contributed by atoms with E-state index in [9.17, 15) is 26.3 Å². The molecule has 0 spiro atoms. The van der Waals surface area contributed by atoms with Crippen molar-refractivity contribution >= 4 is 28.3 Å². The number of hydrogen-bond acceptors (Lipinski definition) is 6. The number of fused-ring (bicyclic) bond motifs is 1. The third kappa shape index (κ3) is 5.51. The zero-order valence-electron chi connectivity index (χ0n) is 17.0. The average Bonchev–Trinajstić information content (AvgIpc) is 3.06. The van der Waals surface area contributed by atoms with Gasteiger partial charge in [-0.25, -0.2) is 18.7 Å². The van der Waals surface area contributed by atoms with Gasteiger partial charge >= 0.3 is 6.18 Å². The van der Waals surface area contributed by atoms with Gasteiger partial charge in [0.05, 0.1) is 24.3 Å². The molecule has 0 aliphatic carbocycles. The lowest BCUT2D eigenvalue weighted by Gasteiger charge is -2.12. The summed E-state index contributed by atoms with van der Waals surface area (Å²) in [4.78, 5) is 12.6. The number of pyridine rings is 2. The number of alkyl halides is 6. The Bertz CT molecular complexity index is 1200. The summed E-state index contributed by atoms with van der Waals surface area (Å²) in [5.74, 6) is 0.0887. The van der Waals surface area contributed by atoms with Crippen LogP contribution in [0, 0.1) is 0 Å². The first-order valence-electron chi connectivity index (χ1n) is 9.36. The fraction of sp³-hybridized carbons (Fsp3) is 0.190. The first kappa shape index (κ1) is 23.8. The number of rotatable bonds is 4. The molecule has 4 heterocycles. The molecule has 33 heavy (non-hydrogen) atoms. The molecule has 0 unspecified atom stereocenters. The summed E-state index contributed by atoms with van der Waals surface area (Å²) in [5, 5.41) is 10.1. The zero-order valence-corrected chi connectivity index (χ0v) is 17.0. The lowest BCUT2D eigenvalue weighted by Crippen LogP contribution is -2.13. The van der Waals surface area contributed by atoms with Crippen LogP contribution in [0.1, 0.15) is 17.8 Å². The Hall–Kier alpha value is -3.83.